The van der Waals surface area contributed by atoms with Crippen LogP contribution in [0.5, 0.6) is 0 Å². The summed E-state index contributed by atoms with van der Waals surface area (Å²) in [5, 5.41) is 17.4. The van der Waals surface area contributed by atoms with E-state index in [-0.39, 0.29) is 17.5 Å². The number of methoxy groups -OCH3 is 1. The predicted octanol–water partition coefficient (Wildman–Crippen LogP) is 0.972. The molecule has 0 bridgehead atoms. The summed E-state index contributed by atoms with van der Waals surface area (Å²) in [6.07, 6.45) is -0.298. The van der Waals surface area contributed by atoms with Gasteiger partial charge in [0.15, 0.2) is 0 Å². The van der Waals surface area contributed by atoms with Crippen LogP contribution < -0.4 is 0 Å². The molecule has 1 aromatic rings. The lowest BCUT2D eigenvalue weighted by Crippen LogP contribution is -2.06. The number of carbonyl (C=O) groups is 2. The van der Waals surface area contributed by atoms with E-state index < -0.39 is 11.9 Å². The molecule has 0 aromatic heterocycles. The van der Waals surface area contributed by atoms with Crippen LogP contribution in [-0.2, 0) is 16.0 Å². The van der Waals surface area contributed by atoms with Crippen LogP contribution in [0.4, 0.5) is 0 Å². The Kier molecular flexibility index (Phi) is 3.62. The Morgan fingerprint density at radius 1 is 1.50 bits per heavy atom. The van der Waals surface area contributed by atoms with Gasteiger partial charge in [-0.3, -0.25) is 4.79 Å². The Morgan fingerprint density at radius 3 is 2.69 bits per heavy atom. The molecule has 0 fully saturated rings. The van der Waals surface area contributed by atoms with Crippen molar-refractivity contribution < 1.29 is 19.4 Å². The highest BCUT2D eigenvalue weighted by atomic mass is 16.5. The molecular weight excluding hydrogens is 210 g/mol. The van der Waals surface area contributed by atoms with E-state index in [0.717, 1.165) is 0 Å². The molecule has 0 amide bonds. The maximum atomic E-state index is 11.2. The average Bonchev–Trinajstić information content (AvgIpc) is 2.27. The van der Waals surface area contributed by atoms with Crippen LogP contribution in [0.15, 0.2) is 18.2 Å². The average molecular weight is 219 g/mol. The number of carboxylic acid groups (broad SMARTS) is 1. The van der Waals surface area contributed by atoms with Gasteiger partial charge in [0.2, 0.25) is 0 Å². The first-order valence-electron chi connectivity index (χ1n) is 4.41. The number of ether oxygens (including phenoxy) is 1. The fourth-order valence-electron chi connectivity index (χ4n) is 1.26. The van der Waals surface area contributed by atoms with Gasteiger partial charge in [-0.05, 0) is 23.8 Å². The summed E-state index contributed by atoms with van der Waals surface area (Å²) in [6.45, 7) is 0. The van der Waals surface area contributed by atoms with Gasteiger partial charge >= 0.3 is 11.9 Å². The highest BCUT2D eigenvalue weighted by Gasteiger charge is 2.11. The summed E-state index contributed by atoms with van der Waals surface area (Å²) < 4.78 is 4.50. The summed E-state index contributed by atoms with van der Waals surface area (Å²) in [4.78, 5) is 21.8. The van der Waals surface area contributed by atoms with Gasteiger partial charge in [-0.1, -0.05) is 0 Å². The minimum absolute atomic E-state index is 0.234. The van der Waals surface area contributed by atoms with Gasteiger partial charge in [0.1, 0.15) is 0 Å². The van der Waals surface area contributed by atoms with Crippen molar-refractivity contribution in [2.75, 3.05) is 7.11 Å². The lowest BCUT2D eigenvalue weighted by Gasteiger charge is -2.04. The minimum Gasteiger partial charge on any atom is -0.481 e. The quantitative estimate of drug-likeness (QED) is 0.765. The Labute approximate surface area is 91.9 Å². The van der Waals surface area contributed by atoms with Crippen LogP contribution in [0.25, 0.3) is 0 Å². The van der Waals surface area contributed by atoms with Crippen molar-refractivity contribution in [3.8, 4) is 6.07 Å². The number of aliphatic carboxylic acids is 1. The maximum Gasteiger partial charge on any atom is 0.337 e. The van der Waals surface area contributed by atoms with Crippen molar-refractivity contribution in [2.24, 2.45) is 0 Å². The molecule has 0 atom stereocenters. The second kappa shape index (κ2) is 4.94. The van der Waals surface area contributed by atoms with Crippen LogP contribution in [0.1, 0.15) is 21.5 Å². The first kappa shape index (κ1) is 11.7. The molecule has 5 heteroatoms. The minimum atomic E-state index is -1.06. The number of esters is 1. The molecule has 0 aliphatic rings. The molecule has 1 rings (SSSR count). The number of rotatable bonds is 3. The largest absolute Gasteiger partial charge is 0.481 e. The number of nitrogens with zero attached hydrogens (tertiary/aromatic N) is 1. The van der Waals surface area contributed by atoms with Crippen molar-refractivity contribution in [1.29, 1.82) is 5.26 Å². The van der Waals surface area contributed by atoms with Crippen molar-refractivity contribution in [1.82, 2.24) is 0 Å². The molecule has 82 valence electrons. The summed E-state index contributed by atoms with van der Waals surface area (Å²) in [6, 6.07) is 6.06. The van der Waals surface area contributed by atoms with Gasteiger partial charge in [-0.15, -0.1) is 0 Å². The van der Waals surface area contributed by atoms with E-state index in [4.69, 9.17) is 10.4 Å². The van der Waals surface area contributed by atoms with Crippen LogP contribution in [-0.4, -0.2) is 24.2 Å². The molecule has 16 heavy (non-hydrogen) atoms. The van der Waals surface area contributed by atoms with Crippen LogP contribution in [0.3, 0.4) is 0 Å². The molecule has 0 saturated heterocycles. The van der Waals surface area contributed by atoms with E-state index in [0.29, 0.717) is 5.56 Å². The number of carboxylic acids is 1. The van der Waals surface area contributed by atoms with E-state index in [1.165, 1.54) is 25.3 Å². The van der Waals surface area contributed by atoms with Crippen molar-refractivity contribution in [3.63, 3.8) is 0 Å². The molecule has 0 heterocycles. The smallest absolute Gasteiger partial charge is 0.337 e. The topological polar surface area (TPSA) is 87.4 Å². The second-order valence-electron chi connectivity index (χ2n) is 3.05. The first-order chi connectivity index (χ1) is 7.58. The summed E-state index contributed by atoms with van der Waals surface area (Å²) in [7, 11) is 1.23. The molecule has 0 aliphatic heterocycles. The number of carbonyl (C=O) groups excluding carboxylic acids is 1. The molecule has 0 aliphatic carbocycles. The van der Waals surface area contributed by atoms with Crippen molar-refractivity contribution in [3.05, 3.63) is 34.9 Å². The summed E-state index contributed by atoms with van der Waals surface area (Å²) in [5.74, 6) is -1.62. The fourth-order valence-corrected chi connectivity index (χ4v) is 1.26. The number of hydrogen-bond acceptors (Lipinski definition) is 4. The highest BCUT2D eigenvalue weighted by molar-refractivity contribution is 5.90. The number of benzene rings is 1. The summed E-state index contributed by atoms with van der Waals surface area (Å²) >= 11 is 0. The van der Waals surface area contributed by atoms with Crippen LogP contribution in [0.2, 0.25) is 0 Å². The van der Waals surface area contributed by atoms with E-state index in [2.05, 4.69) is 4.74 Å². The third-order valence-electron chi connectivity index (χ3n) is 1.99. The molecular formula is C11H9NO4. The second-order valence-corrected chi connectivity index (χ2v) is 3.05. The standard InChI is InChI=1S/C11H9NO4/c1-16-11(15)7-2-3-8(6-12)9(4-7)5-10(13)14/h2-4H,5H2,1H3,(H,13,14). The Bertz CT molecular complexity index is 473. The van der Waals surface area contributed by atoms with Gasteiger partial charge in [0.05, 0.1) is 30.7 Å². The van der Waals surface area contributed by atoms with Crippen molar-refractivity contribution in [2.45, 2.75) is 6.42 Å². The molecule has 0 radical (unpaired) electrons. The molecule has 5 nitrogen and oxygen atoms in total. The normalized spacial score (nSPS) is 9.25. The molecule has 0 spiro atoms. The van der Waals surface area contributed by atoms with Gasteiger partial charge in [0.25, 0.3) is 0 Å². The number of nitriles is 1. The van der Waals surface area contributed by atoms with Crippen LogP contribution in [0, 0.1) is 11.3 Å². The van der Waals surface area contributed by atoms with Gasteiger partial charge < -0.3 is 9.84 Å². The Balaban J connectivity index is 3.17. The Morgan fingerprint density at radius 2 is 2.19 bits per heavy atom. The molecule has 1 aromatic carbocycles. The summed E-state index contributed by atoms with van der Waals surface area (Å²) in [5.41, 5.74) is 0.783. The first-order valence-corrected chi connectivity index (χ1v) is 4.41. The zero-order chi connectivity index (χ0) is 12.1. The van der Waals surface area contributed by atoms with E-state index in [1.54, 1.807) is 0 Å². The fraction of sp³-hybridized carbons (Fsp3) is 0.182. The van der Waals surface area contributed by atoms with Gasteiger partial charge in [0, 0.05) is 0 Å². The van der Waals surface area contributed by atoms with E-state index >= 15 is 0 Å². The molecule has 0 saturated carbocycles. The molecule has 1 N–H and O–H groups in total. The monoisotopic (exact) mass is 219 g/mol. The SMILES string of the molecule is COC(=O)c1ccc(C#N)c(CC(=O)O)c1. The predicted molar refractivity (Wildman–Crippen MR) is 53.8 cm³/mol. The lowest BCUT2D eigenvalue weighted by molar-refractivity contribution is -0.136. The van der Waals surface area contributed by atoms with E-state index in [1.807, 2.05) is 6.07 Å². The van der Waals surface area contributed by atoms with Gasteiger partial charge in [-0.25, -0.2) is 4.79 Å². The van der Waals surface area contributed by atoms with Gasteiger partial charge in [-0.2, -0.15) is 5.26 Å². The maximum absolute atomic E-state index is 11.2. The van der Waals surface area contributed by atoms with E-state index in [9.17, 15) is 9.59 Å². The zero-order valence-corrected chi connectivity index (χ0v) is 8.56. The Hall–Kier alpha value is -2.35. The third-order valence-corrected chi connectivity index (χ3v) is 1.99. The number of hydrogen-bond donors (Lipinski definition) is 1. The lowest BCUT2D eigenvalue weighted by atomic mass is 10.0. The van der Waals surface area contributed by atoms with Crippen molar-refractivity contribution >= 4 is 11.9 Å². The highest BCUT2D eigenvalue weighted by Crippen LogP contribution is 2.13. The zero-order valence-electron chi connectivity index (χ0n) is 8.56. The molecule has 0 unspecified atom stereocenters. The van der Waals surface area contributed by atoms with Crippen LogP contribution >= 0.6 is 0 Å². The third kappa shape index (κ3) is 2.58.